The minimum Gasteiger partial charge on any atom is -0.357 e. The van der Waals surface area contributed by atoms with Crippen LogP contribution in [-0.2, 0) is 22.4 Å². The molecule has 4 nitrogen and oxygen atoms in total. The first kappa shape index (κ1) is 19.6. The number of rotatable bonds is 8. The number of halogens is 1. The molecular weight excluding hydrogens is 331 g/mol. The van der Waals surface area contributed by atoms with Crippen molar-refractivity contribution >= 4 is 11.8 Å². The van der Waals surface area contributed by atoms with Gasteiger partial charge in [-0.3, -0.25) is 9.59 Å². The number of benzene rings is 2. The summed E-state index contributed by atoms with van der Waals surface area (Å²) in [4.78, 5) is 26.7. The number of nitrogens with zero attached hydrogens (tertiary/aromatic N) is 1. The molecule has 2 rings (SSSR count). The molecule has 0 radical (unpaired) electrons. The Morgan fingerprint density at radius 2 is 1.73 bits per heavy atom. The van der Waals surface area contributed by atoms with Crippen molar-refractivity contribution in [2.45, 2.75) is 32.2 Å². The van der Waals surface area contributed by atoms with Crippen LogP contribution in [0.25, 0.3) is 0 Å². The fourth-order valence-electron chi connectivity index (χ4n) is 2.97. The smallest absolute Gasteiger partial charge is 0.242 e. The van der Waals surface area contributed by atoms with Crippen molar-refractivity contribution in [3.8, 4) is 0 Å². The molecule has 2 aromatic rings. The van der Waals surface area contributed by atoms with Crippen LogP contribution in [-0.4, -0.2) is 36.3 Å². The van der Waals surface area contributed by atoms with Gasteiger partial charge in [0.25, 0.3) is 0 Å². The Bertz CT molecular complexity index is 734. The van der Waals surface area contributed by atoms with Gasteiger partial charge in [-0.2, -0.15) is 0 Å². The summed E-state index contributed by atoms with van der Waals surface area (Å²) in [5.41, 5.74) is 1.43. The molecule has 0 unspecified atom stereocenters. The van der Waals surface area contributed by atoms with E-state index in [1.54, 1.807) is 30.1 Å². The van der Waals surface area contributed by atoms with Gasteiger partial charge in [-0.15, -0.1) is 0 Å². The topological polar surface area (TPSA) is 49.4 Å². The fraction of sp³-hybridized carbons (Fsp3) is 0.333. The van der Waals surface area contributed by atoms with Crippen molar-refractivity contribution in [3.05, 3.63) is 71.5 Å². The lowest BCUT2D eigenvalue weighted by Gasteiger charge is -2.30. The van der Waals surface area contributed by atoms with Crippen LogP contribution >= 0.6 is 0 Å². The van der Waals surface area contributed by atoms with Crippen LogP contribution in [0.15, 0.2) is 54.6 Å². The van der Waals surface area contributed by atoms with Gasteiger partial charge in [0.2, 0.25) is 11.8 Å². The van der Waals surface area contributed by atoms with Gasteiger partial charge in [0.1, 0.15) is 11.9 Å². The Morgan fingerprint density at radius 1 is 1.08 bits per heavy atom. The van der Waals surface area contributed by atoms with Gasteiger partial charge < -0.3 is 10.2 Å². The van der Waals surface area contributed by atoms with Crippen molar-refractivity contribution in [1.29, 1.82) is 0 Å². The zero-order valence-electron chi connectivity index (χ0n) is 15.2. The summed E-state index contributed by atoms with van der Waals surface area (Å²) in [7, 11) is 1.56. The first-order valence-electron chi connectivity index (χ1n) is 8.85. The maximum atomic E-state index is 13.9. The van der Waals surface area contributed by atoms with E-state index in [9.17, 15) is 14.0 Å². The number of amides is 2. The maximum Gasteiger partial charge on any atom is 0.242 e. The first-order valence-corrected chi connectivity index (χ1v) is 8.85. The highest BCUT2D eigenvalue weighted by atomic mass is 19.1. The number of carbonyl (C=O) groups is 2. The van der Waals surface area contributed by atoms with Crippen LogP contribution in [0.1, 0.15) is 24.5 Å². The molecule has 0 fully saturated rings. The molecule has 0 aromatic heterocycles. The van der Waals surface area contributed by atoms with E-state index >= 15 is 0 Å². The van der Waals surface area contributed by atoms with Gasteiger partial charge in [0.05, 0.1) is 6.42 Å². The minimum atomic E-state index is -0.567. The number of hydrogen-bond donors (Lipinski definition) is 1. The summed E-state index contributed by atoms with van der Waals surface area (Å²) in [6.07, 6.45) is 1.07. The second-order valence-electron chi connectivity index (χ2n) is 6.13. The Hall–Kier alpha value is -2.69. The van der Waals surface area contributed by atoms with E-state index in [4.69, 9.17) is 0 Å². The zero-order chi connectivity index (χ0) is 18.9. The van der Waals surface area contributed by atoms with Crippen molar-refractivity contribution in [1.82, 2.24) is 10.2 Å². The average Bonchev–Trinajstić information content (AvgIpc) is 2.67. The fourth-order valence-corrected chi connectivity index (χ4v) is 2.97. The van der Waals surface area contributed by atoms with Gasteiger partial charge in [0.15, 0.2) is 0 Å². The van der Waals surface area contributed by atoms with Crippen molar-refractivity contribution in [2.75, 3.05) is 13.6 Å². The predicted octanol–water partition coefficient (Wildman–Crippen LogP) is 2.96. The van der Waals surface area contributed by atoms with Crippen molar-refractivity contribution in [3.63, 3.8) is 0 Å². The second kappa shape index (κ2) is 9.70. The molecule has 0 saturated carbocycles. The lowest BCUT2D eigenvalue weighted by Crippen LogP contribution is -2.49. The summed E-state index contributed by atoms with van der Waals surface area (Å²) < 4.78 is 13.9. The largest absolute Gasteiger partial charge is 0.357 e. The molecule has 0 spiro atoms. The lowest BCUT2D eigenvalue weighted by molar-refractivity contribution is -0.140. The number of hydrogen-bond acceptors (Lipinski definition) is 2. The van der Waals surface area contributed by atoms with E-state index in [-0.39, 0.29) is 18.2 Å². The van der Waals surface area contributed by atoms with E-state index in [0.29, 0.717) is 24.9 Å². The Labute approximate surface area is 154 Å². The third-order valence-corrected chi connectivity index (χ3v) is 4.42. The molecule has 5 heteroatoms. The monoisotopic (exact) mass is 356 g/mol. The molecular formula is C21H25FN2O2. The van der Waals surface area contributed by atoms with E-state index in [1.807, 2.05) is 37.3 Å². The molecule has 0 saturated heterocycles. The molecule has 2 aromatic carbocycles. The van der Waals surface area contributed by atoms with Crippen LogP contribution in [0.4, 0.5) is 4.39 Å². The quantitative estimate of drug-likeness (QED) is 0.791. The summed E-state index contributed by atoms with van der Waals surface area (Å²) in [6, 6.07) is 15.5. The number of carbonyl (C=O) groups excluding carboxylic acids is 2. The average molecular weight is 356 g/mol. The van der Waals surface area contributed by atoms with E-state index < -0.39 is 11.9 Å². The number of likely N-dealkylation sites (N-methyl/N-ethyl adjacent to an activating group) is 1. The molecule has 0 bridgehead atoms. The third-order valence-electron chi connectivity index (χ3n) is 4.42. The summed E-state index contributed by atoms with van der Waals surface area (Å²) in [6.45, 7) is 2.27. The highest BCUT2D eigenvalue weighted by Gasteiger charge is 2.27. The van der Waals surface area contributed by atoms with Gasteiger partial charge in [-0.1, -0.05) is 55.5 Å². The minimum absolute atomic E-state index is 0.0606. The summed E-state index contributed by atoms with van der Waals surface area (Å²) in [5, 5.41) is 2.62. The Balaban J connectivity index is 2.19. The Kier molecular flexibility index (Phi) is 7.33. The first-order chi connectivity index (χ1) is 12.6. The van der Waals surface area contributed by atoms with Gasteiger partial charge in [-0.05, 0) is 30.0 Å². The lowest BCUT2D eigenvalue weighted by atomic mass is 10.1. The van der Waals surface area contributed by atoms with Crippen LogP contribution in [0, 0.1) is 5.82 Å². The van der Waals surface area contributed by atoms with Crippen LogP contribution in [0.3, 0.4) is 0 Å². The van der Waals surface area contributed by atoms with Crippen molar-refractivity contribution in [2.24, 2.45) is 0 Å². The molecule has 1 atom stereocenters. The SMILES string of the molecule is CC[C@H](C(=O)NC)N(CCc1ccccc1)C(=O)Cc1ccccc1F. The van der Waals surface area contributed by atoms with Gasteiger partial charge in [-0.25, -0.2) is 4.39 Å². The van der Waals surface area contributed by atoms with Crippen LogP contribution in [0.5, 0.6) is 0 Å². The molecule has 1 N–H and O–H groups in total. The van der Waals surface area contributed by atoms with Gasteiger partial charge in [0, 0.05) is 13.6 Å². The second-order valence-corrected chi connectivity index (χ2v) is 6.13. The highest BCUT2D eigenvalue weighted by Crippen LogP contribution is 2.14. The highest BCUT2D eigenvalue weighted by molar-refractivity contribution is 5.88. The molecule has 0 aliphatic heterocycles. The third kappa shape index (κ3) is 5.15. The maximum absolute atomic E-state index is 13.9. The molecule has 0 aliphatic rings. The van der Waals surface area contributed by atoms with Crippen LogP contribution in [0.2, 0.25) is 0 Å². The van der Waals surface area contributed by atoms with E-state index in [1.165, 1.54) is 6.07 Å². The van der Waals surface area contributed by atoms with Crippen LogP contribution < -0.4 is 5.32 Å². The predicted molar refractivity (Wildman–Crippen MR) is 100 cm³/mol. The molecule has 138 valence electrons. The standard InChI is InChI=1S/C21H25FN2O2/c1-3-19(21(26)23-2)24(14-13-16-9-5-4-6-10-16)20(25)15-17-11-7-8-12-18(17)22/h4-12,19H,3,13-15H2,1-2H3,(H,23,26)/t19-/m1/s1. The molecule has 0 heterocycles. The number of nitrogens with one attached hydrogen (secondary N) is 1. The summed E-state index contributed by atoms with van der Waals surface area (Å²) in [5.74, 6) is -0.860. The van der Waals surface area contributed by atoms with E-state index in [0.717, 1.165) is 5.56 Å². The molecule has 26 heavy (non-hydrogen) atoms. The zero-order valence-corrected chi connectivity index (χ0v) is 15.2. The normalized spacial score (nSPS) is 11.7. The molecule has 0 aliphatic carbocycles. The van der Waals surface area contributed by atoms with E-state index in [2.05, 4.69) is 5.32 Å². The summed E-state index contributed by atoms with van der Waals surface area (Å²) >= 11 is 0. The molecule has 2 amide bonds. The Morgan fingerprint density at radius 3 is 2.35 bits per heavy atom. The van der Waals surface area contributed by atoms with Gasteiger partial charge >= 0.3 is 0 Å². The van der Waals surface area contributed by atoms with Crippen molar-refractivity contribution < 1.29 is 14.0 Å².